The van der Waals surface area contributed by atoms with Crippen molar-refractivity contribution in [2.24, 2.45) is 5.92 Å². The second-order valence-corrected chi connectivity index (χ2v) is 5.05. The zero-order chi connectivity index (χ0) is 12.0. The molecule has 0 aromatic heterocycles. The van der Waals surface area contributed by atoms with E-state index in [-0.39, 0.29) is 12.1 Å². The number of nitrogens with one attached hydrogen (secondary N) is 1. The van der Waals surface area contributed by atoms with E-state index in [1.807, 2.05) is 13.8 Å². The highest BCUT2D eigenvalue weighted by Gasteiger charge is 2.20. The summed E-state index contributed by atoms with van der Waals surface area (Å²) in [5, 5.41) is 3.30. The van der Waals surface area contributed by atoms with Crippen molar-refractivity contribution in [1.82, 2.24) is 5.32 Å². The molecular formula is C13H25NO2. The van der Waals surface area contributed by atoms with E-state index in [1.165, 1.54) is 32.1 Å². The highest BCUT2D eigenvalue weighted by atomic mass is 16.5. The summed E-state index contributed by atoms with van der Waals surface area (Å²) in [4.78, 5) is 11.3. The molecule has 0 unspecified atom stereocenters. The Morgan fingerprint density at radius 1 is 1.31 bits per heavy atom. The molecule has 1 N–H and O–H groups in total. The lowest BCUT2D eigenvalue weighted by atomic mass is 9.84. The molecular weight excluding hydrogens is 202 g/mol. The van der Waals surface area contributed by atoms with E-state index < -0.39 is 0 Å². The number of esters is 1. The van der Waals surface area contributed by atoms with Crippen molar-refractivity contribution >= 4 is 5.97 Å². The highest BCUT2D eigenvalue weighted by Crippen LogP contribution is 2.26. The third-order valence-corrected chi connectivity index (χ3v) is 3.33. The molecule has 0 radical (unpaired) electrons. The molecule has 94 valence electrons. The standard InChI is InChI=1S/C13H25NO2/c1-4-11-5-7-12(8-6-11)14-9-13(15)16-10(2)3/h10-12,14H,4-9H2,1-3H3. The normalized spacial score (nSPS) is 25.8. The fourth-order valence-electron chi connectivity index (χ4n) is 2.31. The van der Waals surface area contributed by atoms with Crippen LogP contribution in [-0.4, -0.2) is 24.7 Å². The molecule has 0 atom stereocenters. The summed E-state index contributed by atoms with van der Waals surface area (Å²) >= 11 is 0. The van der Waals surface area contributed by atoms with Gasteiger partial charge in [0.1, 0.15) is 0 Å². The summed E-state index contributed by atoms with van der Waals surface area (Å²) in [5.74, 6) is 0.772. The first-order valence-corrected chi connectivity index (χ1v) is 6.54. The monoisotopic (exact) mass is 227 g/mol. The average Bonchev–Trinajstić information content (AvgIpc) is 2.26. The molecule has 16 heavy (non-hydrogen) atoms. The zero-order valence-corrected chi connectivity index (χ0v) is 10.8. The van der Waals surface area contributed by atoms with Crippen LogP contribution in [-0.2, 0) is 9.53 Å². The van der Waals surface area contributed by atoms with Gasteiger partial charge in [-0.2, -0.15) is 0 Å². The first-order valence-electron chi connectivity index (χ1n) is 6.54. The highest BCUT2D eigenvalue weighted by molar-refractivity contribution is 5.71. The smallest absolute Gasteiger partial charge is 0.320 e. The summed E-state index contributed by atoms with van der Waals surface area (Å²) in [7, 11) is 0. The third kappa shape index (κ3) is 4.97. The van der Waals surface area contributed by atoms with E-state index >= 15 is 0 Å². The van der Waals surface area contributed by atoms with E-state index in [4.69, 9.17) is 4.74 Å². The van der Waals surface area contributed by atoms with Crippen LogP contribution in [0.3, 0.4) is 0 Å². The predicted octanol–water partition coefficient (Wildman–Crippen LogP) is 2.50. The fourth-order valence-corrected chi connectivity index (χ4v) is 2.31. The van der Waals surface area contributed by atoms with Crippen LogP contribution in [0.25, 0.3) is 0 Å². The van der Waals surface area contributed by atoms with Crippen molar-refractivity contribution in [3.8, 4) is 0 Å². The molecule has 1 aliphatic carbocycles. The molecule has 0 heterocycles. The van der Waals surface area contributed by atoms with E-state index in [0.29, 0.717) is 12.6 Å². The van der Waals surface area contributed by atoms with Crippen LogP contribution in [0.5, 0.6) is 0 Å². The summed E-state index contributed by atoms with van der Waals surface area (Å²) in [5.41, 5.74) is 0. The minimum atomic E-state index is -0.132. The van der Waals surface area contributed by atoms with Crippen molar-refractivity contribution in [3.05, 3.63) is 0 Å². The van der Waals surface area contributed by atoms with E-state index in [2.05, 4.69) is 12.2 Å². The Bertz CT molecular complexity index is 208. The number of hydrogen-bond donors (Lipinski definition) is 1. The van der Waals surface area contributed by atoms with Gasteiger partial charge >= 0.3 is 5.97 Å². The van der Waals surface area contributed by atoms with Gasteiger partial charge in [-0.25, -0.2) is 0 Å². The van der Waals surface area contributed by atoms with Gasteiger partial charge in [0.25, 0.3) is 0 Å². The van der Waals surface area contributed by atoms with Gasteiger partial charge in [0.05, 0.1) is 12.6 Å². The molecule has 3 nitrogen and oxygen atoms in total. The molecule has 0 aromatic rings. The van der Waals surface area contributed by atoms with Crippen LogP contribution in [0.15, 0.2) is 0 Å². The molecule has 0 aromatic carbocycles. The summed E-state index contributed by atoms with van der Waals surface area (Å²) in [6.07, 6.45) is 6.29. The van der Waals surface area contributed by atoms with Gasteiger partial charge in [-0.3, -0.25) is 4.79 Å². The maximum Gasteiger partial charge on any atom is 0.320 e. The van der Waals surface area contributed by atoms with Crippen LogP contribution in [0.2, 0.25) is 0 Å². The molecule has 1 saturated carbocycles. The molecule has 0 bridgehead atoms. The minimum absolute atomic E-state index is 0.00914. The SMILES string of the molecule is CCC1CCC(NCC(=O)OC(C)C)CC1. The van der Waals surface area contributed by atoms with Crippen LogP contribution < -0.4 is 5.32 Å². The predicted molar refractivity (Wildman–Crippen MR) is 65.3 cm³/mol. The second-order valence-electron chi connectivity index (χ2n) is 5.05. The van der Waals surface area contributed by atoms with Crippen molar-refractivity contribution in [1.29, 1.82) is 0 Å². The molecule has 0 saturated heterocycles. The van der Waals surface area contributed by atoms with E-state index in [9.17, 15) is 4.79 Å². The van der Waals surface area contributed by atoms with Crippen molar-refractivity contribution in [2.75, 3.05) is 6.54 Å². The molecule has 3 heteroatoms. The number of ether oxygens (including phenoxy) is 1. The van der Waals surface area contributed by atoms with Crippen LogP contribution in [0.1, 0.15) is 52.9 Å². The maximum atomic E-state index is 11.3. The lowest BCUT2D eigenvalue weighted by Gasteiger charge is -2.28. The molecule has 1 rings (SSSR count). The lowest BCUT2D eigenvalue weighted by Crippen LogP contribution is -2.37. The Kier molecular flexibility index (Phi) is 5.81. The van der Waals surface area contributed by atoms with Crippen LogP contribution in [0.4, 0.5) is 0 Å². The summed E-state index contributed by atoms with van der Waals surface area (Å²) in [6, 6.07) is 0.516. The van der Waals surface area contributed by atoms with Gasteiger partial charge in [0, 0.05) is 6.04 Å². The van der Waals surface area contributed by atoms with Crippen LogP contribution in [0, 0.1) is 5.92 Å². The Balaban J connectivity index is 2.12. The Labute approximate surface area is 98.9 Å². The third-order valence-electron chi connectivity index (χ3n) is 3.33. The van der Waals surface area contributed by atoms with E-state index in [0.717, 1.165) is 5.92 Å². The van der Waals surface area contributed by atoms with Crippen LogP contribution >= 0.6 is 0 Å². The quantitative estimate of drug-likeness (QED) is 0.733. The largest absolute Gasteiger partial charge is 0.462 e. The first-order chi connectivity index (χ1) is 7.61. The molecule has 0 aliphatic heterocycles. The average molecular weight is 227 g/mol. The molecule has 0 amide bonds. The lowest BCUT2D eigenvalue weighted by molar-refractivity contribution is -0.146. The fraction of sp³-hybridized carbons (Fsp3) is 0.923. The van der Waals surface area contributed by atoms with Gasteiger partial charge in [-0.05, 0) is 45.4 Å². The maximum absolute atomic E-state index is 11.3. The van der Waals surface area contributed by atoms with Gasteiger partial charge < -0.3 is 10.1 Å². The Morgan fingerprint density at radius 3 is 2.44 bits per heavy atom. The van der Waals surface area contributed by atoms with Gasteiger partial charge in [-0.1, -0.05) is 13.3 Å². The first kappa shape index (κ1) is 13.5. The van der Waals surface area contributed by atoms with E-state index in [1.54, 1.807) is 0 Å². The molecule has 1 aliphatic rings. The van der Waals surface area contributed by atoms with Gasteiger partial charge in [0.15, 0.2) is 0 Å². The Hall–Kier alpha value is -0.570. The number of hydrogen-bond acceptors (Lipinski definition) is 3. The summed E-state index contributed by atoms with van der Waals surface area (Å²) in [6.45, 7) is 6.38. The van der Waals surface area contributed by atoms with Gasteiger partial charge in [0.2, 0.25) is 0 Å². The molecule has 1 fully saturated rings. The van der Waals surface area contributed by atoms with Gasteiger partial charge in [-0.15, -0.1) is 0 Å². The summed E-state index contributed by atoms with van der Waals surface area (Å²) < 4.78 is 5.08. The topological polar surface area (TPSA) is 38.3 Å². The Morgan fingerprint density at radius 2 is 1.94 bits per heavy atom. The minimum Gasteiger partial charge on any atom is -0.462 e. The van der Waals surface area contributed by atoms with Crippen molar-refractivity contribution in [3.63, 3.8) is 0 Å². The van der Waals surface area contributed by atoms with Crippen molar-refractivity contribution < 1.29 is 9.53 Å². The number of rotatable bonds is 5. The van der Waals surface area contributed by atoms with Crippen molar-refractivity contribution in [2.45, 2.75) is 65.0 Å². The zero-order valence-electron chi connectivity index (χ0n) is 10.8. The second kappa shape index (κ2) is 6.89. The molecule has 0 spiro atoms. The number of carbonyl (C=O) groups excluding carboxylic acids is 1. The number of carbonyl (C=O) groups is 1.